The highest BCUT2D eigenvalue weighted by molar-refractivity contribution is 5.60. The van der Waals surface area contributed by atoms with Crippen LogP contribution in [0.1, 0.15) is 11.1 Å². The maximum Gasteiger partial charge on any atom is 0.101 e. The lowest BCUT2D eigenvalue weighted by Gasteiger charge is -2.18. The summed E-state index contributed by atoms with van der Waals surface area (Å²) in [5, 5.41) is 8.92. The summed E-state index contributed by atoms with van der Waals surface area (Å²) in [5.74, 6) is 0. The van der Waals surface area contributed by atoms with Crippen molar-refractivity contribution >= 4 is 5.69 Å². The zero-order chi connectivity index (χ0) is 10.6. The Morgan fingerprint density at radius 1 is 1.57 bits per heavy atom. The molecule has 1 aromatic rings. The quantitative estimate of drug-likeness (QED) is 0.678. The smallest absolute Gasteiger partial charge is 0.101 e. The van der Waals surface area contributed by atoms with Crippen molar-refractivity contribution in [3.63, 3.8) is 0 Å². The van der Waals surface area contributed by atoms with Crippen LogP contribution in [0.15, 0.2) is 30.9 Å². The summed E-state index contributed by atoms with van der Waals surface area (Å²) in [7, 11) is 1.96. The van der Waals surface area contributed by atoms with Crippen molar-refractivity contribution in [1.82, 2.24) is 0 Å². The molecule has 0 amide bonds. The first-order valence-electron chi connectivity index (χ1n) is 4.52. The minimum atomic E-state index is 0.708. The minimum Gasteiger partial charge on any atom is -0.370 e. The molecule has 0 N–H and O–H groups in total. The van der Waals surface area contributed by atoms with Crippen molar-refractivity contribution in [2.24, 2.45) is 0 Å². The summed E-state index contributed by atoms with van der Waals surface area (Å²) in [6, 6.07) is 8.00. The molecule has 0 fully saturated rings. The van der Waals surface area contributed by atoms with Gasteiger partial charge in [-0.15, -0.1) is 6.58 Å². The van der Waals surface area contributed by atoms with Crippen molar-refractivity contribution in [2.75, 3.05) is 18.5 Å². The summed E-state index contributed by atoms with van der Waals surface area (Å²) in [4.78, 5) is 2.01. The van der Waals surface area contributed by atoms with E-state index in [0.717, 1.165) is 17.8 Å². The average Bonchev–Trinajstić information content (AvgIpc) is 2.18. The lowest BCUT2D eigenvalue weighted by atomic mass is 10.1. The third kappa shape index (κ3) is 2.14. The van der Waals surface area contributed by atoms with Crippen LogP contribution in [0.5, 0.6) is 0 Å². The number of hydrogen-bond acceptors (Lipinski definition) is 2. The van der Waals surface area contributed by atoms with Gasteiger partial charge in [-0.1, -0.05) is 12.1 Å². The van der Waals surface area contributed by atoms with E-state index in [2.05, 4.69) is 12.6 Å². The maximum absolute atomic E-state index is 8.92. The molecule has 0 unspecified atom stereocenters. The number of likely N-dealkylation sites (N-methyl/N-ethyl adjacent to an activating group) is 1. The van der Waals surface area contributed by atoms with E-state index in [1.807, 2.05) is 43.1 Å². The SMILES string of the molecule is C=CCN(C)c1cc(C)ccc1C#N. The second-order valence-electron chi connectivity index (χ2n) is 3.30. The van der Waals surface area contributed by atoms with Gasteiger partial charge in [0.2, 0.25) is 0 Å². The molecule has 0 aromatic heterocycles. The van der Waals surface area contributed by atoms with Gasteiger partial charge in [0, 0.05) is 13.6 Å². The normalized spacial score (nSPS) is 9.21. The van der Waals surface area contributed by atoms with E-state index in [-0.39, 0.29) is 0 Å². The molecule has 0 spiro atoms. The molecule has 0 atom stereocenters. The van der Waals surface area contributed by atoms with E-state index in [1.54, 1.807) is 0 Å². The molecule has 0 saturated heterocycles. The van der Waals surface area contributed by atoms with Crippen molar-refractivity contribution in [1.29, 1.82) is 5.26 Å². The number of hydrogen-bond donors (Lipinski definition) is 0. The summed E-state index contributed by atoms with van der Waals surface area (Å²) >= 11 is 0. The van der Waals surface area contributed by atoms with Crippen molar-refractivity contribution in [2.45, 2.75) is 6.92 Å². The highest BCUT2D eigenvalue weighted by Gasteiger charge is 2.05. The molecule has 1 rings (SSSR count). The third-order valence-electron chi connectivity index (χ3n) is 2.09. The standard InChI is InChI=1S/C12H14N2/c1-4-7-14(3)12-8-10(2)5-6-11(12)9-13/h4-6,8H,1,7H2,2-3H3. The van der Waals surface area contributed by atoms with Crippen LogP contribution >= 0.6 is 0 Å². The molecule has 0 heterocycles. The van der Waals surface area contributed by atoms with E-state index >= 15 is 0 Å². The van der Waals surface area contributed by atoms with Gasteiger partial charge in [0.15, 0.2) is 0 Å². The number of rotatable bonds is 3. The van der Waals surface area contributed by atoms with Gasteiger partial charge < -0.3 is 4.90 Å². The van der Waals surface area contributed by atoms with Crippen LogP contribution in [0.2, 0.25) is 0 Å². The summed E-state index contributed by atoms with van der Waals surface area (Å²) < 4.78 is 0. The zero-order valence-corrected chi connectivity index (χ0v) is 8.62. The molecule has 0 bridgehead atoms. The molecule has 2 heteroatoms. The van der Waals surface area contributed by atoms with Gasteiger partial charge in [-0.2, -0.15) is 5.26 Å². The van der Waals surface area contributed by atoms with Gasteiger partial charge >= 0.3 is 0 Å². The van der Waals surface area contributed by atoms with Gasteiger partial charge in [-0.25, -0.2) is 0 Å². The van der Waals surface area contributed by atoms with E-state index < -0.39 is 0 Å². The predicted molar refractivity (Wildman–Crippen MR) is 59.4 cm³/mol. The minimum absolute atomic E-state index is 0.708. The Kier molecular flexibility index (Phi) is 3.30. The Hall–Kier alpha value is -1.75. The van der Waals surface area contributed by atoms with Crippen LogP contribution in [0, 0.1) is 18.3 Å². The summed E-state index contributed by atoms with van der Waals surface area (Å²) in [6.45, 7) is 6.45. The van der Waals surface area contributed by atoms with Gasteiger partial charge in [-0.05, 0) is 24.6 Å². The Bertz CT molecular complexity index is 374. The molecule has 14 heavy (non-hydrogen) atoms. The van der Waals surface area contributed by atoms with Crippen LogP contribution < -0.4 is 4.90 Å². The molecule has 1 aromatic carbocycles. The van der Waals surface area contributed by atoms with Gasteiger partial charge in [0.05, 0.1) is 11.3 Å². The lowest BCUT2D eigenvalue weighted by Crippen LogP contribution is -2.17. The molecule has 0 saturated carbocycles. The molecular weight excluding hydrogens is 172 g/mol. The number of aryl methyl sites for hydroxylation is 1. The second kappa shape index (κ2) is 4.48. The van der Waals surface area contributed by atoms with Crippen molar-refractivity contribution in [3.05, 3.63) is 42.0 Å². The summed E-state index contributed by atoms with van der Waals surface area (Å²) in [6.07, 6.45) is 1.82. The Morgan fingerprint density at radius 2 is 2.29 bits per heavy atom. The Morgan fingerprint density at radius 3 is 2.86 bits per heavy atom. The van der Waals surface area contributed by atoms with Gasteiger partial charge in [0.1, 0.15) is 6.07 Å². The first-order chi connectivity index (χ1) is 6.69. The second-order valence-corrected chi connectivity index (χ2v) is 3.30. The number of anilines is 1. The fraction of sp³-hybridized carbons (Fsp3) is 0.250. The zero-order valence-electron chi connectivity index (χ0n) is 8.62. The molecule has 72 valence electrons. The molecule has 0 radical (unpaired) electrons. The lowest BCUT2D eigenvalue weighted by molar-refractivity contribution is 1.03. The maximum atomic E-state index is 8.92. The topological polar surface area (TPSA) is 27.0 Å². The third-order valence-corrected chi connectivity index (χ3v) is 2.09. The molecule has 0 aliphatic carbocycles. The average molecular weight is 186 g/mol. The number of nitriles is 1. The highest BCUT2D eigenvalue weighted by Crippen LogP contribution is 2.20. The van der Waals surface area contributed by atoms with Crippen LogP contribution in [0.25, 0.3) is 0 Å². The van der Waals surface area contributed by atoms with Crippen LogP contribution in [-0.2, 0) is 0 Å². The first kappa shape index (κ1) is 10.3. The highest BCUT2D eigenvalue weighted by atomic mass is 15.1. The van der Waals surface area contributed by atoms with Crippen LogP contribution in [-0.4, -0.2) is 13.6 Å². The monoisotopic (exact) mass is 186 g/mol. The molecule has 0 aliphatic rings. The number of benzene rings is 1. The van der Waals surface area contributed by atoms with E-state index in [0.29, 0.717) is 5.56 Å². The molecule has 2 nitrogen and oxygen atoms in total. The fourth-order valence-corrected chi connectivity index (χ4v) is 1.34. The molecule has 0 aliphatic heterocycles. The van der Waals surface area contributed by atoms with Gasteiger partial charge in [0.25, 0.3) is 0 Å². The van der Waals surface area contributed by atoms with Crippen LogP contribution in [0.3, 0.4) is 0 Å². The molecular formula is C12H14N2. The Balaban J connectivity index is 3.11. The Labute approximate surface area is 85.1 Å². The van der Waals surface area contributed by atoms with E-state index in [1.165, 1.54) is 0 Å². The van der Waals surface area contributed by atoms with E-state index in [4.69, 9.17) is 5.26 Å². The van der Waals surface area contributed by atoms with Crippen molar-refractivity contribution in [3.8, 4) is 6.07 Å². The fourth-order valence-electron chi connectivity index (χ4n) is 1.34. The first-order valence-corrected chi connectivity index (χ1v) is 4.52. The largest absolute Gasteiger partial charge is 0.370 e. The van der Waals surface area contributed by atoms with Gasteiger partial charge in [-0.3, -0.25) is 0 Å². The summed E-state index contributed by atoms with van der Waals surface area (Å²) in [5.41, 5.74) is 2.84. The van der Waals surface area contributed by atoms with Crippen LogP contribution in [0.4, 0.5) is 5.69 Å². The number of nitrogens with zero attached hydrogens (tertiary/aromatic N) is 2. The predicted octanol–water partition coefficient (Wildman–Crippen LogP) is 2.49. The van der Waals surface area contributed by atoms with E-state index in [9.17, 15) is 0 Å². The van der Waals surface area contributed by atoms with Crippen molar-refractivity contribution < 1.29 is 0 Å².